The van der Waals surface area contributed by atoms with E-state index in [9.17, 15) is 0 Å². The van der Waals surface area contributed by atoms with Crippen LogP contribution in [-0.2, 0) is 13.0 Å². The molecule has 134 valence electrons. The molecule has 6 heteroatoms. The molecule has 1 unspecified atom stereocenters. The molecule has 1 aliphatic rings. The van der Waals surface area contributed by atoms with E-state index < -0.39 is 0 Å². The maximum absolute atomic E-state index is 4.71. The largest absolute Gasteiger partial charge is 0.369 e. The van der Waals surface area contributed by atoms with Gasteiger partial charge in [0.2, 0.25) is 0 Å². The van der Waals surface area contributed by atoms with Gasteiger partial charge < -0.3 is 15.5 Å². The minimum atomic E-state index is 0.416. The standard InChI is InChI=1S/C19H27N5S/c1-3-18-22-16(14-25-18)12-21-19(20-4-2)23-15-10-11-24(13-15)17-8-6-5-7-9-17/h5-9,14-15H,3-4,10-13H2,1-2H3,(H2,20,21,23). The summed E-state index contributed by atoms with van der Waals surface area (Å²) in [7, 11) is 0. The van der Waals surface area contributed by atoms with Crippen LogP contribution in [0.25, 0.3) is 0 Å². The smallest absolute Gasteiger partial charge is 0.191 e. The predicted molar refractivity (Wildman–Crippen MR) is 107 cm³/mol. The van der Waals surface area contributed by atoms with Gasteiger partial charge in [-0.15, -0.1) is 11.3 Å². The van der Waals surface area contributed by atoms with Crippen molar-refractivity contribution in [2.45, 2.75) is 39.3 Å². The number of aliphatic imine (C=N–C) groups is 1. The monoisotopic (exact) mass is 357 g/mol. The van der Waals surface area contributed by atoms with Crippen LogP contribution in [0.2, 0.25) is 0 Å². The lowest BCUT2D eigenvalue weighted by atomic mass is 10.3. The Morgan fingerprint density at radius 3 is 2.88 bits per heavy atom. The van der Waals surface area contributed by atoms with Crippen molar-refractivity contribution in [1.29, 1.82) is 0 Å². The molecular weight excluding hydrogens is 330 g/mol. The van der Waals surface area contributed by atoms with Crippen LogP contribution >= 0.6 is 11.3 Å². The molecule has 1 aromatic heterocycles. The first-order chi connectivity index (χ1) is 12.3. The minimum Gasteiger partial charge on any atom is -0.369 e. The predicted octanol–water partition coefficient (Wildman–Crippen LogP) is 3.04. The van der Waals surface area contributed by atoms with Crippen molar-refractivity contribution in [3.63, 3.8) is 0 Å². The average molecular weight is 358 g/mol. The zero-order valence-corrected chi connectivity index (χ0v) is 15.9. The number of hydrogen-bond acceptors (Lipinski definition) is 4. The Balaban J connectivity index is 1.57. The Morgan fingerprint density at radius 1 is 1.32 bits per heavy atom. The van der Waals surface area contributed by atoms with E-state index in [1.54, 1.807) is 11.3 Å². The summed E-state index contributed by atoms with van der Waals surface area (Å²) < 4.78 is 0. The Labute approximate surface area is 154 Å². The number of thiazole rings is 1. The third-order valence-electron chi connectivity index (χ3n) is 4.30. The topological polar surface area (TPSA) is 52.6 Å². The van der Waals surface area contributed by atoms with Gasteiger partial charge in [0.15, 0.2) is 5.96 Å². The number of nitrogens with zero attached hydrogens (tertiary/aromatic N) is 3. The number of hydrogen-bond donors (Lipinski definition) is 2. The molecule has 0 spiro atoms. The fraction of sp³-hybridized carbons (Fsp3) is 0.474. The van der Waals surface area contributed by atoms with Gasteiger partial charge in [-0.2, -0.15) is 0 Å². The van der Waals surface area contributed by atoms with Crippen LogP contribution in [0.15, 0.2) is 40.7 Å². The lowest BCUT2D eigenvalue weighted by molar-refractivity contribution is 0.649. The number of aromatic nitrogens is 1. The third kappa shape index (κ3) is 4.95. The molecule has 2 N–H and O–H groups in total. The molecule has 0 bridgehead atoms. The molecule has 5 nitrogen and oxygen atoms in total. The van der Waals surface area contributed by atoms with Crippen LogP contribution in [0.1, 0.15) is 31.0 Å². The minimum absolute atomic E-state index is 0.416. The highest BCUT2D eigenvalue weighted by atomic mass is 32.1. The van der Waals surface area contributed by atoms with Crippen molar-refractivity contribution in [2.24, 2.45) is 4.99 Å². The molecule has 2 aromatic rings. The maximum Gasteiger partial charge on any atom is 0.191 e. The van der Waals surface area contributed by atoms with Crippen LogP contribution in [0.3, 0.4) is 0 Å². The Kier molecular flexibility index (Phi) is 6.28. The lowest BCUT2D eigenvalue weighted by Crippen LogP contribution is -2.44. The molecule has 25 heavy (non-hydrogen) atoms. The first-order valence-corrected chi connectivity index (χ1v) is 9.94. The summed E-state index contributed by atoms with van der Waals surface area (Å²) in [6, 6.07) is 11.0. The Hall–Kier alpha value is -2.08. The molecule has 1 fully saturated rings. The second-order valence-electron chi connectivity index (χ2n) is 6.19. The highest BCUT2D eigenvalue weighted by Crippen LogP contribution is 2.19. The maximum atomic E-state index is 4.71. The summed E-state index contributed by atoms with van der Waals surface area (Å²) >= 11 is 1.72. The first kappa shape index (κ1) is 17.7. The van der Waals surface area contributed by atoms with Crippen molar-refractivity contribution in [1.82, 2.24) is 15.6 Å². The van der Waals surface area contributed by atoms with Gasteiger partial charge in [0.1, 0.15) is 0 Å². The van der Waals surface area contributed by atoms with Gasteiger partial charge in [-0.05, 0) is 31.9 Å². The summed E-state index contributed by atoms with van der Waals surface area (Å²) in [6.45, 7) is 7.80. The van der Waals surface area contributed by atoms with Gasteiger partial charge >= 0.3 is 0 Å². The fourth-order valence-corrected chi connectivity index (χ4v) is 3.74. The van der Waals surface area contributed by atoms with E-state index in [1.165, 1.54) is 10.7 Å². The van der Waals surface area contributed by atoms with E-state index in [-0.39, 0.29) is 0 Å². The van der Waals surface area contributed by atoms with Crippen LogP contribution < -0.4 is 15.5 Å². The molecule has 1 aliphatic heterocycles. The molecule has 1 aromatic carbocycles. The first-order valence-electron chi connectivity index (χ1n) is 9.06. The number of guanidine groups is 1. The van der Waals surface area contributed by atoms with Gasteiger partial charge in [-0.1, -0.05) is 25.1 Å². The van der Waals surface area contributed by atoms with E-state index in [2.05, 4.69) is 70.1 Å². The summed E-state index contributed by atoms with van der Waals surface area (Å²) in [6.07, 6.45) is 2.11. The quantitative estimate of drug-likeness (QED) is 0.616. The highest BCUT2D eigenvalue weighted by molar-refractivity contribution is 7.09. The summed E-state index contributed by atoms with van der Waals surface area (Å²) in [5.41, 5.74) is 2.35. The van der Waals surface area contributed by atoms with Gasteiger partial charge in [0.25, 0.3) is 0 Å². The molecule has 0 radical (unpaired) electrons. The number of nitrogens with one attached hydrogen (secondary N) is 2. The number of anilines is 1. The number of benzene rings is 1. The molecule has 0 saturated carbocycles. The molecule has 2 heterocycles. The molecule has 1 atom stereocenters. The van der Waals surface area contributed by atoms with Crippen LogP contribution in [0, 0.1) is 0 Å². The normalized spacial score (nSPS) is 17.8. The molecule has 1 saturated heterocycles. The van der Waals surface area contributed by atoms with E-state index in [0.717, 1.165) is 44.1 Å². The van der Waals surface area contributed by atoms with Crippen molar-refractivity contribution >= 4 is 23.0 Å². The van der Waals surface area contributed by atoms with Gasteiger partial charge in [0.05, 0.1) is 17.2 Å². The van der Waals surface area contributed by atoms with Crippen molar-refractivity contribution in [3.8, 4) is 0 Å². The Bertz CT molecular complexity index is 682. The van der Waals surface area contributed by atoms with Crippen molar-refractivity contribution in [2.75, 3.05) is 24.5 Å². The lowest BCUT2D eigenvalue weighted by Gasteiger charge is -2.20. The van der Waals surface area contributed by atoms with E-state index in [1.807, 2.05) is 0 Å². The van der Waals surface area contributed by atoms with Gasteiger partial charge in [0, 0.05) is 36.7 Å². The summed E-state index contributed by atoms with van der Waals surface area (Å²) in [5.74, 6) is 0.883. The van der Waals surface area contributed by atoms with Crippen molar-refractivity contribution in [3.05, 3.63) is 46.4 Å². The number of aryl methyl sites for hydroxylation is 1. The van der Waals surface area contributed by atoms with Gasteiger partial charge in [-0.3, -0.25) is 0 Å². The second kappa shape index (κ2) is 8.85. The molecule has 0 aliphatic carbocycles. The van der Waals surface area contributed by atoms with Crippen LogP contribution in [0.4, 0.5) is 5.69 Å². The van der Waals surface area contributed by atoms with E-state index >= 15 is 0 Å². The fourth-order valence-electron chi connectivity index (χ4n) is 3.01. The summed E-state index contributed by atoms with van der Waals surface area (Å²) in [5, 5.41) is 10.2. The van der Waals surface area contributed by atoms with Crippen molar-refractivity contribution < 1.29 is 0 Å². The molecular formula is C19H27N5S. The highest BCUT2D eigenvalue weighted by Gasteiger charge is 2.23. The van der Waals surface area contributed by atoms with Crippen LogP contribution in [0.5, 0.6) is 0 Å². The Morgan fingerprint density at radius 2 is 2.16 bits per heavy atom. The SMILES string of the molecule is CCNC(=NCc1csc(CC)n1)NC1CCN(c2ccccc2)C1. The van der Waals surface area contributed by atoms with Gasteiger partial charge in [-0.25, -0.2) is 9.98 Å². The molecule has 0 amide bonds. The van der Waals surface area contributed by atoms with Crippen LogP contribution in [-0.4, -0.2) is 36.6 Å². The number of para-hydroxylation sites is 1. The number of rotatable bonds is 6. The zero-order valence-electron chi connectivity index (χ0n) is 15.0. The second-order valence-corrected chi connectivity index (χ2v) is 7.14. The third-order valence-corrected chi connectivity index (χ3v) is 5.34. The average Bonchev–Trinajstić information content (AvgIpc) is 3.30. The molecule has 3 rings (SSSR count). The van der Waals surface area contributed by atoms with E-state index in [0.29, 0.717) is 12.6 Å². The summed E-state index contributed by atoms with van der Waals surface area (Å²) in [4.78, 5) is 11.7. The zero-order chi connectivity index (χ0) is 17.5. The van der Waals surface area contributed by atoms with E-state index in [4.69, 9.17) is 4.99 Å².